The number of carbonyl (C=O) groups excluding carboxylic acids is 1. The van der Waals surface area contributed by atoms with Gasteiger partial charge < -0.3 is 18.9 Å². The van der Waals surface area contributed by atoms with Crippen molar-refractivity contribution in [2.75, 3.05) is 26.3 Å². The third kappa shape index (κ3) is 4.85. The normalized spacial score (nSPS) is 21.2. The SMILES string of the molecule is CC1CN(S(=O)(=O)c2cccc(C(=O)OCc3cc(Cl)c4c(c3)OCCO4)c2)CC(C)O1. The lowest BCUT2D eigenvalue weighted by Gasteiger charge is -2.34. The van der Waals surface area contributed by atoms with Crippen molar-refractivity contribution in [1.82, 2.24) is 4.31 Å². The third-order valence-electron chi connectivity index (χ3n) is 5.12. The van der Waals surface area contributed by atoms with E-state index in [-0.39, 0.29) is 42.4 Å². The van der Waals surface area contributed by atoms with Crippen LogP contribution in [0.5, 0.6) is 11.5 Å². The van der Waals surface area contributed by atoms with Crippen LogP contribution in [-0.2, 0) is 26.1 Å². The zero-order valence-electron chi connectivity index (χ0n) is 17.7. The Morgan fingerprint density at radius 1 is 1.12 bits per heavy atom. The van der Waals surface area contributed by atoms with E-state index in [1.807, 2.05) is 13.8 Å². The molecule has 0 spiro atoms. The summed E-state index contributed by atoms with van der Waals surface area (Å²) < 4.78 is 49.6. The molecule has 2 atom stereocenters. The average Bonchev–Trinajstić information content (AvgIpc) is 2.77. The van der Waals surface area contributed by atoms with Gasteiger partial charge in [0.05, 0.1) is 27.7 Å². The molecule has 172 valence electrons. The molecular weight excluding hydrogens is 458 g/mol. The maximum atomic E-state index is 13.1. The van der Waals surface area contributed by atoms with E-state index < -0.39 is 16.0 Å². The van der Waals surface area contributed by atoms with Crippen LogP contribution in [0.2, 0.25) is 5.02 Å². The first-order valence-electron chi connectivity index (χ1n) is 10.2. The predicted molar refractivity (Wildman–Crippen MR) is 117 cm³/mol. The van der Waals surface area contributed by atoms with Crippen LogP contribution in [0.1, 0.15) is 29.8 Å². The lowest BCUT2D eigenvalue weighted by atomic mass is 10.2. The number of hydrogen-bond donors (Lipinski definition) is 0. The van der Waals surface area contributed by atoms with Crippen molar-refractivity contribution in [3.63, 3.8) is 0 Å². The number of nitrogens with zero attached hydrogens (tertiary/aromatic N) is 1. The van der Waals surface area contributed by atoms with E-state index in [9.17, 15) is 13.2 Å². The molecule has 2 unspecified atom stereocenters. The molecule has 0 amide bonds. The molecule has 0 radical (unpaired) electrons. The molecule has 0 saturated carbocycles. The Labute approximate surface area is 192 Å². The first-order valence-corrected chi connectivity index (χ1v) is 12.1. The summed E-state index contributed by atoms with van der Waals surface area (Å²) in [4.78, 5) is 12.6. The molecule has 0 bridgehead atoms. The zero-order chi connectivity index (χ0) is 22.9. The van der Waals surface area contributed by atoms with E-state index in [2.05, 4.69) is 0 Å². The standard InChI is InChI=1S/C22H24ClNO7S/c1-14-11-24(12-15(2)31-14)32(26,27)18-5-3-4-17(10-18)22(25)30-13-16-8-19(23)21-20(9-16)28-6-7-29-21/h3-5,8-10,14-15H,6-7,11-13H2,1-2H3. The lowest BCUT2D eigenvalue weighted by molar-refractivity contribution is -0.0440. The van der Waals surface area contributed by atoms with Crippen LogP contribution in [-0.4, -0.2) is 57.2 Å². The summed E-state index contributed by atoms with van der Waals surface area (Å²) in [6, 6.07) is 9.19. The number of sulfonamides is 1. The Kier molecular flexibility index (Phi) is 6.62. The van der Waals surface area contributed by atoms with E-state index in [0.29, 0.717) is 35.3 Å². The fourth-order valence-electron chi connectivity index (χ4n) is 3.74. The molecule has 2 aromatic rings. The molecule has 2 heterocycles. The number of rotatable bonds is 5. The molecule has 2 aliphatic heterocycles. The second-order valence-corrected chi connectivity index (χ2v) is 10.1. The minimum Gasteiger partial charge on any atom is -0.486 e. The van der Waals surface area contributed by atoms with Crippen molar-refractivity contribution in [2.24, 2.45) is 0 Å². The van der Waals surface area contributed by atoms with Crippen molar-refractivity contribution >= 4 is 27.6 Å². The number of esters is 1. The highest BCUT2D eigenvalue weighted by Crippen LogP contribution is 2.38. The Morgan fingerprint density at radius 3 is 2.59 bits per heavy atom. The highest BCUT2D eigenvalue weighted by atomic mass is 35.5. The van der Waals surface area contributed by atoms with Crippen molar-refractivity contribution in [2.45, 2.75) is 37.6 Å². The van der Waals surface area contributed by atoms with Gasteiger partial charge in [0, 0.05) is 13.1 Å². The van der Waals surface area contributed by atoms with Crippen molar-refractivity contribution in [1.29, 1.82) is 0 Å². The van der Waals surface area contributed by atoms with Gasteiger partial charge in [0.1, 0.15) is 19.8 Å². The molecule has 10 heteroatoms. The Hall–Kier alpha value is -2.33. The van der Waals surface area contributed by atoms with Crippen molar-refractivity contribution < 1.29 is 32.2 Å². The van der Waals surface area contributed by atoms with Gasteiger partial charge >= 0.3 is 5.97 Å². The van der Waals surface area contributed by atoms with Gasteiger partial charge in [0.25, 0.3) is 0 Å². The molecule has 0 aliphatic carbocycles. The molecule has 32 heavy (non-hydrogen) atoms. The summed E-state index contributed by atoms with van der Waals surface area (Å²) in [5, 5.41) is 0.371. The second-order valence-electron chi connectivity index (χ2n) is 7.79. The van der Waals surface area contributed by atoms with Crippen LogP contribution in [0.15, 0.2) is 41.3 Å². The Morgan fingerprint density at radius 2 is 1.84 bits per heavy atom. The Balaban J connectivity index is 1.47. The van der Waals surface area contributed by atoms with Crippen molar-refractivity contribution in [3.8, 4) is 11.5 Å². The lowest BCUT2D eigenvalue weighted by Crippen LogP contribution is -2.48. The van der Waals surface area contributed by atoms with E-state index in [0.717, 1.165) is 0 Å². The summed E-state index contributed by atoms with van der Waals surface area (Å²) >= 11 is 6.22. The maximum Gasteiger partial charge on any atom is 0.338 e. The topological polar surface area (TPSA) is 91.4 Å². The van der Waals surface area contributed by atoms with Crippen LogP contribution < -0.4 is 9.47 Å². The number of halogens is 1. The molecular formula is C22H24ClNO7S. The summed E-state index contributed by atoms with van der Waals surface area (Å²) in [6.07, 6.45) is -0.418. The fraction of sp³-hybridized carbons (Fsp3) is 0.409. The van der Waals surface area contributed by atoms with Crippen molar-refractivity contribution in [3.05, 3.63) is 52.5 Å². The molecule has 0 aromatic heterocycles. The van der Waals surface area contributed by atoms with Crippen LogP contribution in [0.3, 0.4) is 0 Å². The van der Waals surface area contributed by atoms with Gasteiger partial charge in [-0.2, -0.15) is 4.31 Å². The van der Waals surface area contributed by atoms with Gasteiger partial charge in [0.15, 0.2) is 11.5 Å². The molecule has 2 aromatic carbocycles. The van der Waals surface area contributed by atoms with Gasteiger partial charge in [-0.05, 0) is 49.7 Å². The van der Waals surface area contributed by atoms with Gasteiger partial charge in [-0.15, -0.1) is 0 Å². The van der Waals surface area contributed by atoms with Gasteiger partial charge in [-0.1, -0.05) is 17.7 Å². The number of ether oxygens (including phenoxy) is 4. The van der Waals surface area contributed by atoms with Gasteiger partial charge in [0.2, 0.25) is 10.0 Å². The highest BCUT2D eigenvalue weighted by molar-refractivity contribution is 7.89. The third-order valence-corrected chi connectivity index (χ3v) is 7.23. The van der Waals surface area contributed by atoms with E-state index in [1.54, 1.807) is 12.1 Å². The summed E-state index contributed by atoms with van der Waals surface area (Å²) in [7, 11) is -3.77. The quantitative estimate of drug-likeness (QED) is 0.605. The number of morpholine rings is 1. The number of hydrogen-bond acceptors (Lipinski definition) is 7. The second kappa shape index (κ2) is 9.27. The molecule has 1 saturated heterocycles. The smallest absolute Gasteiger partial charge is 0.338 e. The minimum absolute atomic E-state index is 0.0376. The van der Waals surface area contributed by atoms with E-state index in [1.165, 1.54) is 28.6 Å². The maximum absolute atomic E-state index is 13.1. The number of fused-ring (bicyclic) bond motifs is 1. The number of benzene rings is 2. The molecule has 4 rings (SSSR count). The van der Waals surface area contributed by atoms with Crippen LogP contribution in [0, 0.1) is 0 Å². The number of carbonyl (C=O) groups is 1. The average molecular weight is 482 g/mol. The first-order chi connectivity index (χ1) is 15.2. The van der Waals surface area contributed by atoms with Crippen LogP contribution >= 0.6 is 11.6 Å². The molecule has 2 aliphatic rings. The predicted octanol–water partition coefficient (Wildman–Crippen LogP) is 3.27. The minimum atomic E-state index is -3.77. The largest absolute Gasteiger partial charge is 0.486 e. The highest BCUT2D eigenvalue weighted by Gasteiger charge is 2.32. The first kappa shape index (κ1) is 22.8. The fourth-order valence-corrected chi connectivity index (χ4v) is 5.66. The summed E-state index contributed by atoms with van der Waals surface area (Å²) in [6.45, 7) is 4.95. The van der Waals surface area contributed by atoms with E-state index in [4.69, 9.17) is 30.5 Å². The monoisotopic (exact) mass is 481 g/mol. The summed E-state index contributed by atoms with van der Waals surface area (Å²) in [5.41, 5.74) is 0.775. The summed E-state index contributed by atoms with van der Waals surface area (Å²) in [5.74, 6) is 0.325. The molecule has 8 nitrogen and oxygen atoms in total. The van der Waals surface area contributed by atoms with Gasteiger partial charge in [-0.3, -0.25) is 0 Å². The molecule has 0 N–H and O–H groups in total. The van der Waals surface area contributed by atoms with Crippen LogP contribution in [0.4, 0.5) is 0 Å². The van der Waals surface area contributed by atoms with E-state index >= 15 is 0 Å². The molecule has 1 fully saturated rings. The Bertz CT molecular complexity index is 1110. The van der Waals surface area contributed by atoms with Gasteiger partial charge in [-0.25, -0.2) is 13.2 Å². The zero-order valence-corrected chi connectivity index (χ0v) is 19.3. The van der Waals surface area contributed by atoms with Crippen LogP contribution in [0.25, 0.3) is 0 Å².